The van der Waals surface area contributed by atoms with Gasteiger partial charge in [-0.3, -0.25) is 4.79 Å². The number of amides is 3. The van der Waals surface area contributed by atoms with E-state index in [1.54, 1.807) is 6.92 Å². The molecule has 0 saturated carbocycles. The van der Waals surface area contributed by atoms with Crippen LogP contribution in [0.3, 0.4) is 0 Å². The first kappa shape index (κ1) is 28.1. The van der Waals surface area contributed by atoms with E-state index in [2.05, 4.69) is 16.0 Å². The van der Waals surface area contributed by atoms with Gasteiger partial charge >= 0.3 is 12.2 Å². The predicted molar refractivity (Wildman–Crippen MR) is 130 cm³/mol. The molecule has 0 radical (unpaired) electrons. The lowest BCUT2D eigenvalue weighted by Crippen LogP contribution is -2.40. The molecular weight excluding hydrogens is 537 g/mol. The molecule has 2 rings (SSSR count). The molecule has 0 aliphatic rings. The number of carbonyl (C=O) groups is 2. The standard InChI is InChI=1S/C22H20Cl4F3N3O2/c1-2-30-21(34)32-8-7-31-20(33)14-5-3-12(9-16(14)23)4-6-15(22(27,28)29)13-10-17(24)19(26)18(25)11-13/h3-6,9-11,15H,2,7-8H2,1H3,(H,31,33)(H2,30,32,34). The Bertz CT molecular complexity index is 1050. The maximum Gasteiger partial charge on any atom is 0.399 e. The van der Waals surface area contributed by atoms with Crippen molar-refractivity contribution in [3.8, 4) is 0 Å². The first-order valence-electron chi connectivity index (χ1n) is 9.92. The van der Waals surface area contributed by atoms with Crippen LogP contribution in [0, 0.1) is 0 Å². The van der Waals surface area contributed by atoms with Gasteiger partial charge in [-0.1, -0.05) is 64.6 Å². The van der Waals surface area contributed by atoms with E-state index in [9.17, 15) is 22.8 Å². The van der Waals surface area contributed by atoms with E-state index >= 15 is 0 Å². The summed E-state index contributed by atoms with van der Waals surface area (Å²) in [7, 11) is 0. The molecule has 2 aromatic carbocycles. The molecule has 0 fully saturated rings. The number of benzene rings is 2. The SMILES string of the molecule is CCNC(=O)NCCNC(=O)c1ccc(C=CC(c2cc(Cl)c(Cl)c(Cl)c2)C(F)(F)F)cc1Cl. The van der Waals surface area contributed by atoms with Crippen molar-refractivity contribution in [2.75, 3.05) is 19.6 Å². The van der Waals surface area contributed by atoms with Crippen LogP contribution in [0.2, 0.25) is 20.1 Å². The van der Waals surface area contributed by atoms with Crippen LogP contribution in [0.1, 0.15) is 34.3 Å². The number of halogens is 7. The second kappa shape index (κ2) is 12.5. The summed E-state index contributed by atoms with van der Waals surface area (Å²) in [5.74, 6) is -2.49. The normalized spacial score (nSPS) is 12.5. The van der Waals surface area contributed by atoms with Gasteiger partial charge in [0.25, 0.3) is 5.91 Å². The summed E-state index contributed by atoms with van der Waals surface area (Å²) >= 11 is 23.8. The molecular formula is C22H20Cl4F3N3O2. The maximum absolute atomic E-state index is 13.7. The summed E-state index contributed by atoms with van der Waals surface area (Å²) in [6.07, 6.45) is -2.45. The minimum atomic E-state index is -4.62. The third kappa shape index (κ3) is 7.98. The van der Waals surface area contributed by atoms with Gasteiger partial charge in [-0.05, 0) is 42.3 Å². The zero-order valence-electron chi connectivity index (χ0n) is 17.7. The van der Waals surface area contributed by atoms with Crippen molar-refractivity contribution in [2.24, 2.45) is 0 Å². The molecule has 0 saturated heterocycles. The highest BCUT2D eigenvalue weighted by Gasteiger charge is 2.39. The predicted octanol–water partition coefficient (Wildman–Crippen LogP) is 6.71. The Hall–Kier alpha value is -2.13. The first-order chi connectivity index (χ1) is 15.9. The number of urea groups is 1. The molecule has 3 N–H and O–H groups in total. The number of allylic oxidation sites excluding steroid dienone is 1. The molecule has 0 aromatic heterocycles. The van der Waals surface area contributed by atoms with E-state index in [1.807, 2.05) is 0 Å². The summed E-state index contributed by atoms with van der Waals surface area (Å²) in [5, 5.41) is 7.54. The van der Waals surface area contributed by atoms with Crippen molar-refractivity contribution in [2.45, 2.75) is 19.0 Å². The Morgan fingerprint density at radius 3 is 2.12 bits per heavy atom. The van der Waals surface area contributed by atoms with Crippen LogP contribution in [-0.4, -0.2) is 37.7 Å². The van der Waals surface area contributed by atoms with Crippen LogP contribution in [0.4, 0.5) is 18.0 Å². The van der Waals surface area contributed by atoms with Gasteiger partial charge in [0, 0.05) is 19.6 Å². The Balaban J connectivity index is 2.12. The van der Waals surface area contributed by atoms with E-state index in [0.29, 0.717) is 12.1 Å². The van der Waals surface area contributed by atoms with Gasteiger partial charge < -0.3 is 16.0 Å². The van der Waals surface area contributed by atoms with Crippen LogP contribution < -0.4 is 16.0 Å². The molecule has 0 aliphatic heterocycles. The van der Waals surface area contributed by atoms with Crippen molar-refractivity contribution < 1.29 is 22.8 Å². The summed E-state index contributed by atoms with van der Waals surface area (Å²) < 4.78 is 41.0. The smallest absolute Gasteiger partial charge is 0.350 e. The number of carbonyl (C=O) groups excluding carboxylic acids is 2. The van der Waals surface area contributed by atoms with E-state index < -0.39 is 18.0 Å². The van der Waals surface area contributed by atoms with Crippen LogP contribution >= 0.6 is 46.4 Å². The Kier molecular flexibility index (Phi) is 10.4. The minimum Gasteiger partial charge on any atom is -0.350 e. The van der Waals surface area contributed by atoms with Crippen molar-refractivity contribution >= 4 is 64.4 Å². The van der Waals surface area contributed by atoms with Crippen molar-refractivity contribution in [1.82, 2.24) is 16.0 Å². The Morgan fingerprint density at radius 2 is 1.56 bits per heavy atom. The van der Waals surface area contributed by atoms with Crippen molar-refractivity contribution in [3.05, 3.63) is 73.2 Å². The number of alkyl halides is 3. The summed E-state index contributed by atoms with van der Waals surface area (Å²) in [4.78, 5) is 23.6. The van der Waals surface area contributed by atoms with Crippen LogP contribution in [-0.2, 0) is 0 Å². The minimum absolute atomic E-state index is 0.0300. The highest BCUT2D eigenvalue weighted by Crippen LogP contribution is 2.41. The van der Waals surface area contributed by atoms with Gasteiger partial charge in [0.05, 0.1) is 31.6 Å². The third-order valence-electron chi connectivity index (χ3n) is 4.47. The quantitative estimate of drug-likeness (QED) is 0.250. The van der Waals surface area contributed by atoms with E-state index in [0.717, 1.165) is 18.2 Å². The molecule has 0 heterocycles. The molecule has 0 spiro atoms. The van der Waals surface area contributed by atoms with E-state index in [4.69, 9.17) is 46.4 Å². The van der Waals surface area contributed by atoms with E-state index in [-0.39, 0.29) is 50.3 Å². The van der Waals surface area contributed by atoms with Gasteiger partial charge in [0.15, 0.2) is 0 Å². The van der Waals surface area contributed by atoms with Gasteiger partial charge in [-0.25, -0.2) is 4.79 Å². The molecule has 2 aromatic rings. The van der Waals surface area contributed by atoms with Crippen LogP contribution in [0.5, 0.6) is 0 Å². The molecule has 3 amide bonds. The first-order valence-corrected chi connectivity index (χ1v) is 11.4. The lowest BCUT2D eigenvalue weighted by Gasteiger charge is -2.18. The number of nitrogens with one attached hydrogen (secondary N) is 3. The van der Waals surface area contributed by atoms with Gasteiger partial charge in [-0.15, -0.1) is 0 Å². The fourth-order valence-electron chi connectivity index (χ4n) is 2.86. The summed E-state index contributed by atoms with van der Waals surface area (Å²) in [6, 6.07) is 6.09. The van der Waals surface area contributed by atoms with Crippen LogP contribution in [0.25, 0.3) is 6.08 Å². The van der Waals surface area contributed by atoms with Crippen molar-refractivity contribution in [3.63, 3.8) is 0 Å². The second-order valence-corrected chi connectivity index (χ2v) is 8.56. The Labute approximate surface area is 214 Å². The van der Waals surface area contributed by atoms with E-state index in [1.165, 1.54) is 24.3 Å². The fraction of sp³-hybridized carbons (Fsp3) is 0.273. The largest absolute Gasteiger partial charge is 0.399 e. The van der Waals surface area contributed by atoms with Gasteiger partial charge in [0.2, 0.25) is 0 Å². The Morgan fingerprint density at radius 1 is 0.941 bits per heavy atom. The fourth-order valence-corrected chi connectivity index (χ4v) is 3.75. The number of rotatable bonds is 8. The highest BCUT2D eigenvalue weighted by molar-refractivity contribution is 6.48. The molecule has 1 unspecified atom stereocenters. The number of hydrogen-bond donors (Lipinski definition) is 3. The zero-order chi connectivity index (χ0) is 25.5. The topological polar surface area (TPSA) is 70.2 Å². The third-order valence-corrected chi connectivity index (χ3v) is 5.98. The highest BCUT2D eigenvalue weighted by atomic mass is 35.5. The molecule has 184 valence electrons. The van der Waals surface area contributed by atoms with Crippen LogP contribution in [0.15, 0.2) is 36.4 Å². The second-order valence-electron chi connectivity index (χ2n) is 6.96. The summed E-state index contributed by atoms with van der Waals surface area (Å²) in [5.41, 5.74) is 0.312. The lowest BCUT2D eigenvalue weighted by atomic mass is 9.97. The average molecular weight is 557 g/mol. The maximum atomic E-state index is 13.7. The summed E-state index contributed by atoms with van der Waals surface area (Å²) in [6.45, 7) is 2.61. The molecule has 1 atom stereocenters. The monoisotopic (exact) mass is 555 g/mol. The van der Waals surface area contributed by atoms with Gasteiger partial charge in [-0.2, -0.15) is 13.2 Å². The molecule has 12 heteroatoms. The zero-order valence-corrected chi connectivity index (χ0v) is 20.7. The number of hydrogen-bond acceptors (Lipinski definition) is 2. The molecule has 34 heavy (non-hydrogen) atoms. The molecule has 0 aliphatic carbocycles. The molecule has 5 nitrogen and oxygen atoms in total. The lowest BCUT2D eigenvalue weighted by molar-refractivity contribution is -0.139. The average Bonchev–Trinajstić information content (AvgIpc) is 2.74. The van der Waals surface area contributed by atoms with Crippen molar-refractivity contribution in [1.29, 1.82) is 0 Å². The van der Waals surface area contributed by atoms with Gasteiger partial charge in [0.1, 0.15) is 0 Å². The molecule has 0 bridgehead atoms.